The fourth-order valence-corrected chi connectivity index (χ4v) is 2.36. The Morgan fingerprint density at radius 3 is 2.63 bits per heavy atom. The largest absolute Gasteiger partial charge is 0.469 e. The van der Waals surface area contributed by atoms with E-state index >= 15 is 0 Å². The average molecular weight is 271 g/mol. The van der Waals surface area contributed by atoms with Gasteiger partial charge in [-0.05, 0) is 25.7 Å². The number of methoxy groups -OCH3 is 1. The fraction of sp³-hybridized carbons (Fsp3) is 0.846. The summed E-state index contributed by atoms with van der Waals surface area (Å²) < 4.78 is 10.3. The number of rotatable bonds is 5. The number of aliphatic hydroxyl groups is 1. The summed E-state index contributed by atoms with van der Waals surface area (Å²) in [6.45, 7) is -0.159. The highest BCUT2D eigenvalue weighted by molar-refractivity contribution is 5.81. The normalized spacial score (nSPS) is 30.7. The van der Waals surface area contributed by atoms with Gasteiger partial charge in [0.15, 0.2) is 0 Å². The topological polar surface area (TPSA) is 84.9 Å². The second kappa shape index (κ2) is 6.34. The minimum Gasteiger partial charge on any atom is -0.469 e. The van der Waals surface area contributed by atoms with Crippen molar-refractivity contribution in [3.63, 3.8) is 0 Å². The first kappa shape index (κ1) is 14.3. The van der Waals surface area contributed by atoms with Crippen LogP contribution >= 0.6 is 0 Å². The van der Waals surface area contributed by atoms with Gasteiger partial charge in [0.25, 0.3) is 0 Å². The van der Waals surface area contributed by atoms with E-state index in [0.717, 1.165) is 12.8 Å². The fourth-order valence-electron chi connectivity index (χ4n) is 2.36. The Morgan fingerprint density at radius 1 is 1.32 bits per heavy atom. The Bertz CT molecular complexity index is 342. The summed E-state index contributed by atoms with van der Waals surface area (Å²) in [6, 6.07) is -0.160. The predicted octanol–water partition coefficient (Wildman–Crippen LogP) is -0.0158. The molecule has 6 nitrogen and oxygen atoms in total. The van der Waals surface area contributed by atoms with Crippen molar-refractivity contribution in [2.75, 3.05) is 13.7 Å². The van der Waals surface area contributed by atoms with Gasteiger partial charge in [0, 0.05) is 5.92 Å². The van der Waals surface area contributed by atoms with Crippen LogP contribution in [0.25, 0.3) is 0 Å². The van der Waals surface area contributed by atoms with E-state index in [0.29, 0.717) is 12.8 Å². The molecule has 0 unspecified atom stereocenters. The van der Waals surface area contributed by atoms with Crippen molar-refractivity contribution in [2.24, 2.45) is 5.92 Å². The first-order valence-electron chi connectivity index (χ1n) is 6.77. The van der Waals surface area contributed by atoms with E-state index in [1.807, 2.05) is 0 Å². The number of carbonyl (C=O) groups is 2. The maximum atomic E-state index is 11.7. The zero-order valence-electron chi connectivity index (χ0n) is 11.1. The number of esters is 1. The van der Waals surface area contributed by atoms with Gasteiger partial charge in [-0.3, -0.25) is 9.59 Å². The molecule has 0 bridgehead atoms. The highest BCUT2D eigenvalue weighted by Gasteiger charge is 2.36. The van der Waals surface area contributed by atoms with Crippen molar-refractivity contribution >= 4 is 11.9 Å². The predicted molar refractivity (Wildman–Crippen MR) is 66.3 cm³/mol. The number of carbonyl (C=O) groups excluding carboxylic acids is 2. The van der Waals surface area contributed by atoms with Crippen molar-refractivity contribution in [3.05, 3.63) is 0 Å². The van der Waals surface area contributed by atoms with Gasteiger partial charge >= 0.3 is 5.97 Å². The number of aliphatic hydroxyl groups excluding tert-OH is 1. The summed E-state index contributed by atoms with van der Waals surface area (Å²) in [6.07, 6.45) is 2.82. The summed E-state index contributed by atoms with van der Waals surface area (Å²) in [5, 5.41) is 12.3. The lowest BCUT2D eigenvalue weighted by Gasteiger charge is -2.35. The molecule has 1 saturated carbocycles. The van der Waals surface area contributed by atoms with E-state index in [2.05, 4.69) is 10.1 Å². The van der Waals surface area contributed by atoms with Gasteiger partial charge in [0.1, 0.15) is 6.10 Å². The number of hydrogen-bond acceptors (Lipinski definition) is 5. The smallest absolute Gasteiger partial charge is 0.308 e. The minimum absolute atomic E-state index is 0.0541. The standard InChI is InChI=1S/C13H21NO5/c1-18-12(16)6-9-4-5-10(11(7-15)19-9)14-13(17)8-2-3-8/h8-11,15H,2-7H2,1H3,(H,14,17)/t9-,10-,11-/m1/s1. The lowest BCUT2D eigenvalue weighted by atomic mass is 9.97. The molecule has 0 aromatic heterocycles. The molecular weight excluding hydrogens is 250 g/mol. The first-order chi connectivity index (χ1) is 9.13. The molecule has 19 heavy (non-hydrogen) atoms. The molecule has 1 saturated heterocycles. The molecule has 6 heteroatoms. The molecular formula is C13H21NO5. The second-order valence-corrected chi connectivity index (χ2v) is 5.23. The molecule has 1 aliphatic carbocycles. The highest BCUT2D eigenvalue weighted by atomic mass is 16.5. The Labute approximate surface area is 112 Å². The Kier molecular flexibility index (Phi) is 4.76. The van der Waals surface area contributed by atoms with Gasteiger partial charge in [0.05, 0.1) is 32.3 Å². The van der Waals surface area contributed by atoms with Crippen molar-refractivity contribution in [3.8, 4) is 0 Å². The molecule has 0 radical (unpaired) electrons. The minimum atomic E-state index is -0.439. The van der Waals surface area contributed by atoms with E-state index in [4.69, 9.17) is 4.74 Å². The van der Waals surface area contributed by atoms with E-state index in [1.165, 1.54) is 7.11 Å². The zero-order valence-corrected chi connectivity index (χ0v) is 11.1. The zero-order chi connectivity index (χ0) is 13.8. The third kappa shape index (κ3) is 3.91. The number of hydrogen-bond donors (Lipinski definition) is 2. The molecule has 2 fully saturated rings. The van der Waals surface area contributed by atoms with Crippen LogP contribution in [0.5, 0.6) is 0 Å². The molecule has 3 atom stereocenters. The van der Waals surface area contributed by atoms with Gasteiger partial charge < -0.3 is 19.9 Å². The highest BCUT2D eigenvalue weighted by Crippen LogP contribution is 2.30. The quantitative estimate of drug-likeness (QED) is 0.687. The van der Waals surface area contributed by atoms with Crippen LogP contribution in [-0.4, -0.2) is 48.9 Å². The van der Waals surface area contributed by atoms with E-state index in [-0.39, 0.29) is 43.0 Å². The van der Waals surface area contributed by atoms with Crippen LogP contribution in [0.1, 0.15) is 32.1 Å². The van der Waals surface area contributed by atoms with Crippen molar-refractivity contribution < 1.29 is 24.2 Å². The summed E-state index contributed by atoms with van der Waals surface area (Å²) in [5.41, 5.74) is 0. The van der Waals surface area contributed by atoms with Gasteiger partial charge in [-0.1, -0.05) is 0 Å². The number of nitrogens with one attached hydrogen (secondary N) is 1. The molecule has 0 aromatic rings. The second-order valence-electron chi connectivity index (χ2n) is 5.23. The molecule has 2 aliphatic rings. The number of ether oxygens (including phenoxy) is 2. The summed E-state index contributed by atoms with van der Waals surface area (Å²) in [7, 11) is 1.34. The van der Waals surface area contributed by atoms with Crippen LogP contribution in [0.3, 0.4) is 0 Å². The van der Waals surface area contributed by atoms with E-state index in [9.17, 15) is 14.7 Å². The average Bonchev–Trinajstić information content (AvgIpc) is 3.24. The molecule has 1 amide bonds. The van der Waals surface area contributed by atoms with Crippen molar-refractivity contribution in [1.29, 1.82) is 0 Å². The molecule has 2 N–H and O–H groups in total. The molecule has 1 heterocycles. The van der Waals surface area contributed by atoms with Crippen LogP contribution in [0.15, 0.2) is 0 Å². The van der Waals surface area contributed by atoms with Crippen LogP contribution in [0.4, 0.5) is 0 Å². The lowest BCUT2D eigenvalue weighted by molar-refractivity contribution is -0.150. The SMILES string of the molecule is COC(=O)C[C@H]1CC[C@@H](NC(=O)C2CC2)[C@@H](CO)O1. The molecule has 2 rings (SSSR count). The number of amides is 1. The summed E-state index contributed by atoms with van der Waals surface area (Å²) in [4.78, 5) is 22.9. The summed E-state index contributed by atoms with van der Waals surface area (Å²) >= 11 is 0. The van der Waals surface area contributed by atoms with Gasteiger partial charge in [-0.2, -0.15) is 0 Å². The summed E-state index contributed by atoms with van der Waals surface area (Å²) in [5.74, 6) is -0.118. The van der Waals surface area contributed by atoms with Crippen molar-refractivity contribution in [2.45, 2.75) is 50.4 Å². The Hall–Kier alpha value is -1.14. The molecule has 0 spiro atoms. The van der Waals surface area contributed by atoms with Crippen LogP contribution in [0, 0.1) is 5.92 Å². The third-order valence-corrected chi connectivity index (χ3v) is 3.69. The molecule has 108 valence electrons. The van der Waals surface area contributed by atoms with Crippen LogP contribution < -0.4 is 5.32 Å². The third-order valence-electron chi connectivity index (χ3n) is 3.69. The van der Waals surface area contributed by atoms with Crippen LogP contribution in [-0.2, 0) is 19.1 Å². The molecule has 1 aliphatic heterocycles. The van der Waals surface area contributed by atoms with Gasteiger partial charge in [-0.25, -0.2) is 0 Å². The van der Waals surface area contributed by atoms with Crippen molar-refractivity contribution in [1.82, 2.24) is 5.32 Å². The lowest BCUT2D eigenvalue weighted by Crippen LogP contribution is -2.51. The Morgan fingerprint density at radius 2 is 2.05 bits per heavy atom. The van der Waals surface area contributed by atoms with Crippen LogP contribution in [0.2, 0.25) is 0 Å². The maximum absolute atomic E-state index is 11.7. The van der Waals surface area contributed by atoms with Gasteiger partial charge in [0.2, 0.25) is 5.91 Å². The van der Waals surface area contributed by atoms with E-state index in [1.54, 1.807) is 0 Å². The maximum Gasteiger partial charge on any atom is 0.308 e. The van der Waals surface area contributed by atoms with E-state index < -0.39 is 6.10 Å². The monoisotopic (exact) mass is 271 g/mol. The molecule has 0 aromatic carbocycles. The van der Waals surface area contributed by atoms with Gasteiger partial charge in [-0.15, -0.1) is 0 Å². The first-order valence-corrected chi connectivity index (χ1v) is 6.77. The Balaban J connectivity index is 1.83.